The van der Waals surface area contributed by atoms with Crippen LogP contribution >= 0.6 is 0 Å². The fraction of sp³-hybridized carbons (Fsp3) is 0. The number of rotatable bonds is 1. The van der Waals surface area contributed by atoms with Crippen LogP contribution in [0.5, 0.6) is 5.75 Å². The molecule has 3 aromatic rings. The second-order valence-corrected chi connectivity index (χ2v) is 3.66. The highest BCUT2D eigenvalue weighted by Gasteiger charge is 2.09. The first-order valence-corrected chi connectivity index (χ1v) is 5.11. The molecule has 0 saturated carbocycles. The Morgan fingerprint density at radius 1 is 0.812 bits per heavy atom. The van der Waals surface area contributed by atoms with E-state index >= 15 is 0 Å². The fourth-order valence-electron chi connectivity index (χ4n) is 1.91. The van der Waals surface area contributed by atoms with Crippen molar-refractivity contribution in [2.45, 2.75) is 0 Å². The second-order valence-electron chi connectivity index (χ2n) is 3.66. The van der Waals surface area contributed by atoms with Crippen LogP contribution in [0.15, 0.2) is 59.2 Å². The molecule has 0 bridgehead atoms. The summed E-state index contributed by atoms with van der Waals surface area (Å²) in [5.41, 5.74) is 2.52. The lowest BCUT2D eigenvalue weighted by Gasteiger charge is -2.04. The summed E-state index contributed by atoms with van der Waals surface area (Å²) in [6.07, 6.45) is 1.66. The Kier molecular flexibility index (Phi) is 1.93. The first-order valence-electron chi connectivity index (χ1n) is 5.11. The third kappa shape index (κ3) is 1.27. The molecule has 0 unspecified atom stereocenters. The van der Waals surface area contributed by atoms with E-state index < -0.39 is 0 Å². The highest BCUT2D eigenvalue weighted by atomic mass is 16.3. The van der Waals surface area contributed by atoms with Crippen LogP contribution in [0.4, 0.5) is 0 Å². The molecule has 2 nitrogen and oxygen atoms in total. The molecule has 2 aromatic carbocycles. The number of phenols is 1. The predicted molar refractivity (Wildman–Crippen MR) is 63.3 cm³/mol. The van der Waals surface area contributed by atoms with Gasteiger partial charge < -0.3 is 9.52 Å². The fourth-order valence-corrected chi connectivity index (χ4v) is 1.91. The number of hydrogen-bond acceptors (Lipinski definition) is 2. The van der Waals surface area contributed by atoms with Crippen molar-refractivity contribution in [1.82, 2.24) is 0 Å². The van der Waals surface area contributed by atoms with Gasteiger partial charge in [-0.2, -0.15) is 0 Å². The summed E-state index contributed by atoms with van der Waals surface area (Å²) < 4.78 is 5.45. The molecule has 1 N–H and O–H groups in total. The van der Waals surface area contributed by atoms with Crippen LogP contribution < -0.4 is 0 Å². The number of fused-ring (bicyclic) bond motifs is 1. The lowest BCUT2D eigenvalue weighted by Crippen LogP contribution is -1.79. The number of furan rings is 1. The quantitative estimate of drug-likeness (QED) is 0.662. The van der Waals surface area contributed by atoms with Crippen LogP contribution in [0.25, 0.3) is 22.1 Å². The van der Waals surface area contributed by atoms with Crippen LogP contribution in [0.3, 0.4) is 0 Å². The minimum atomic E-state index is 0.270. The van der Waals surface area contributed by atoms with E-state index in [2.05, 4.69) is 0 Å². The first-order chi connectivity index (χ1) is 7.86. The summed E-state index contributed by atoms with van der Waals surface area (Å²) in [6.45, 7) is 0. The Labute approximate surface area is 92.8 Å². The predicted octanol–water partition coefficient (Wildman–Crippen LogP) is 3.81. The van der Waals surface area contributed by atoms with Crippen LogP contribution in [0, 0.1) is 0 Å². The van der Waals surface area contributed by atoms with Gasteiger partial charge in [0.25, 0.3) is 0 Å². The van der Waals surface area contributed by atoms with E-state index in [1.807, 2.05) is 36.4 Å². The van der Waals surface area contributed by atoms with Gasteiger partial charge in [0.1, 0.15) is 11.3 Å². The van der Waals surface area contributed by atoms with Gasteiger partial charge in [-0.1, -0.05) is 36.4 Å². The zero-order valence-corrected chi connectivity index (χ0v) is 8.55. The Bertz CT molecular complexity index is 638. The monoisotopic (exact) mass is 210 g/mol. The molecule has 0 amide bonds. The van der Waals surface area contributed by atoms with Crippen LogP contribution in [0.2, 0.25) is 0 Å². The minimum Gasteiger partial charge on any atom is -0.507 e. The molecular formula is C14H10O2. The van der Waals surface area contributed by atoms with E-state index in [4.69, 9.17) is 4.42 Å². The summed E-state index contributed by atoms with van der Waals surface area (Å²) in [5, 5.41) is 10.9. The van der Waals surface area contributed by atoms with Gasteiger partial charge in [0.2, 0.25) is 0 Å². The summed E-state index contributed by atoms with van der Waals surface area (Å²) in [7, 11) is 0. The lowest BCUT2D eigenvalue weighted by molar-refractivity contribution is 0.477. The number of phenolic OH excluding ortho intramolecular Hbond substituents is 1. The van der Waals surface area contributed by atoms with Gasteiger partial charge in [-0.3, -0.25) is 0 Å². The molecule has 0 aliphatic rings. The third-order valence-corrected chi connectivity index (χ3v) is 2.67. The molecule has 78 valence electrons. The van der Waals surface area contributed by atoms with Crippen molar-refractivity contribution in [2.75, 3.05) is 0 Å². The van der Waals surface area contributed by atoms with Crippen molar-refractivity contribution < 1.29 is 9.52 Å². The van der Waals surface area contributed by atoms with E-state index in [0.717, 1.165) is 22.1 Å². The van der Waals surface area contributed by atoms with Crippen LogP contribution in [-0.4, -0.2) is 5.11 Å². The Balaban J connectivity index is 2.34. The standard InChI is InChI=1S/C14H10O2/c15-13-7-2-1-5-11(13)12-6-3-4-10-8-9-16-14(10)12/h1-9,15H. The number of para-hydroxylation sites is 2. The minimum absolute atomic E-state index is 0.270. The van der Waals surface area contributed by atoms with E-state index in [1.165, 1.54) is 0 Å². The summed E-state index contributed by atoms with van der Waals surface area (Å²) in [4.78, 5) is 0. The zero-order chi connectivity index (χ0) is 11.0. The molecule has 0 radical (unpaired) electrons. The molecule has 0 aliphatic carbocycles. The van der Waals surface area contributed by atoms with Crippen molar-refractivity contribution in [2.24, 2.45) is 0 Å². The van der Waals surface area contributed by atoms with Gasteiger partial charge >= 0.3 is 0 Å². The molecular weight excluding hydrogens is 200 g/mol. The maximum atomic E-state index is 9.82. The van der Waals surface area contributed by atoms with Gasteiger partial charge in [-0.15, -0.1) is 0 Å². The largest absolute Gasteiger partial charge is 0.507 e. The van der Waals surface area contributed by atoms with E-state index in [-0.39, 0.29) is 5.75 Å². The third-order valence-electron chi connectivity index (χ3n) is 2.67. The van der Waals surface area contributed by atoms with Crippen molar-refractivity contribution in [3.63, 3.8) is 0 Å². The molecule has 0 saturated heterocycles. The average Bonchev–Trinajstić information content (AvgIpc) is 2.77. The van der Waals surface area contributed by atoms with Crippen LogP contribution in [-0.2, 0) is 0 Å². The normalized spacial score (nSPS) is 10.8. The smallest absolute Gasteiger partial charge is 0.141 e. The summed E-state index contributed by atoms with van der Waals surface area (Å²) in [6, 6.07) is 15.1. The highest BCUT2D eigenvalue weighted by Crippen LogP contribution is 2.34. The number of benzene rings is 2. The van der Waals surface area contributed by atoms with Gasteiger partial charge in [0, 0.05) is 16.5 Å². The van der Waals surface area contributed by atoms with Gasteiger partial charge in [0.05, 0.1) is 6.26 Å². The molecule has 16 heavy (non-hydrogen) atoms. The zero-order valence-electron chi connectivity index (χ0n) is 8.55. The van der Waals surface area contributed by atoms with Crippen molar-refractivity contribution in [3.8, 4) is 16.9 Å². The first kappa shape index (κ1) is 9.04. The lowest BCUT2D eigenvalue weighted by atomic mass is 10.0. The van der Waals surface area contributed by atoms with Crippen molar-refractivity contribution >= 4 is 11.0 Å². The maximum absolute atomic E-state index is 9.82. The Morgan fingerprint density at radius 3 is 2.50 bits per heavy atom. The topological polar surface area (TPSA) is 33.4 Å². The summed E-state index contributed by atoms with van der Waals surface area (Å²) in [5.74, 6) is 0.270. The number of aromatic hydroxyl groups is 1. The Hall–Kier alpha value is -2.22. The maximum Gasteiger partial charge on any atom is 0.141 e. The van der Waals surface area contributed by atoms with Gasteiger partial charge in [-0.25, -0.2) is 0 Å². The molecule has 1 heterocycles. The van der Waals surface area contributed by atoms with E-state index in [0.29, 0.717) is 0 Å². The second kappa shape index (κ2) is 3.42. The molecule has 1 aromatic heterocycles. The molecule has 3 rings (SSSR count). The number of hydrogen-bond donors (Lipinski definition) is 1. The Morgan fingerprint density at radius 2 is 1.62 bits per heavy atom. The average molecular weight is 210 g/mol. The van der Waals surface area contributed by atoms with Crippen molar-refractivity contribution in [3.05, 3.63) is 54.8 Å². The SMILES string of the molecule is Oc1ccccc1-c1cccc2ccoc12. The van der Waals surface area contributed by atoms with Crippen LogP contribution in [0.1, 0.15) is 0 Å². The molecule has 0 spiro atoms. The molecule has 0 fully saturated rings. The van der Waals surface area contributed by atoms with E-state index in [1.54, 1.807) is 18.4 Å². The molecule has 0 atom stereocenters. The molecule has 0 aliphatic heterocycles. The summed E-state index contributed by atoms with van der Waals surface area (Å²) >= 11 is 0. The van der Waals surface area contributed by atoms with E-state index in [9.17, 15) is 5.11 Å². The van der Waals surface area contributed by atoms with Crippen molar-refractivity contribution in [1.29, 1.82) is 0 Å². The van der Waals surface area contributed by atoms with Gasteiger partial charge in [0.15, 0.2) is 0 Å². The van der Waals surface area contributed by atoms with Gasteiger partial charge in [-0.05, 0) is 12.1 Å². The molecule has 2 heteroatoms. The highest BCUT2D eigenvalue weighted by molar-refractivity contribution is 5.93.